The Kier molecular flexibility index (Phi) is 4.92. The van der Waals surface area contributed by atoms with E-state index >= 15 is 0 Å². The zero-order chi connectivity index (χ0) is 15.5. The Hall–Kier alpha value is -1.50. The van der Waals surface area contributed by atoms with Crippen molar-refractivity contribution in [1.82, 2.24) is 4.90 Å². The fourth-order valence-electron chi connectivity index (χ4n) is 2.83. The van der Waals surface area contributed by atoms with E-state index in [1.807, 2.05) is 25.2 Å². The molecule has 1 saturated heterocycles. The van der Waals surface area contributed by atoms with Gasteiger partial charge in [-0.05, 0) is 26.1 Å². The molecular weight excluding hydrogens is 260 g/mol. The second-order valence-electron chi connectivity index (χ2n) is 6.31. The van der Waals surface area contributed by atoms with Gasteiger partial charge in [0, 0.05) is 37.7 Å². The molecule has 1 aliphatic heterocycles. The van der Waals surface area contributed by atoms with Crippen molar-refractivity contribution in [3.8, 4) is 11.8 Å². The fourth-order valence-corrected chi connectivity index (χ4v) is 2.83. The summed E-state index contributed by atoms with van der Waals surface area (Å²) in [5.74, 6) is 6.48. The van der Waals surface area contributed by atoms with E-state index in [0.29, 0.717) is 19.0 Å². The Balaban J connectivity index is 2.01. The Morgan fingerprint density at radius 2 is 2.00 bits per heavy atom. The molecule has 3 atom stereocenters. The van der Waals surface area contributed by atoms with E-state index in [4.69, 9.17) is 0 Å². The quantitative estimate of drug-likeness (QED) is 0.845. The number of anilines is 1. The lowest BCUT2D eigenvalue weighted by Crippen LogP contribution is -2.52. The molecule has 2 rings (SSSR count). The highest BCUT2D eigenvalue weighted by Gasteiger charge is 2.39. The third kappa shape index (κ3) is 3.78. The standard InChI is InChI=1S/C18H26N2O/c1-15-14-20(4)16(2)13-18(15,21)11-8-12-19(3)17-9-6-5-7-10-17/h5-7,9-10,15-16,21H,12-14H2,1-4H3/t15-,16+,18-/m0/s1. The van der Waals surface area contributed by atoms with Crippen LogP contribution in [0.15, 0.2) is 30.3 Å². The van der Waals surface area contributed by atoms with Crippen LogP contribution in [-0.4, -0.2) is 48.8 Å². The van der Waals surface area contributed by atoms with Crippen molar-refractivity contribution >= 4 is 5.69 Å². The van der Waals surface area contributed by atoms with Crippen molar-refractivity contribution < 1.29 is 5.11 Å². The summed E-state index contributed by atoms with van der Waals surface area (Å²) >= 11 is 0. The van der Waals surface area contributed by atoms with Crippen LogP contribution in [0.5, 0.6) is 0 Å². The van der Waals surface area contributed by atoms with Gasteiger partial charge < -0.3 is 14.9 Å². The number of para-hydroxylation sites is 1. The summed E-state index contributed by atoms with van der Waals surface area (Å²) in [4.78, 5) is 4.39. The van der Waals surface area contributed by atoms with Gasteiger partial charge in [-0.15, -0.1) is 0 Å². The van der Waals surface area contributed by atoms with Gasteiger partial charge in [0.05, 0.1) is 6.54 Å². The van der Waals surface area contributed by atoms with Crippen molar-refractivity contribution in [2.75, 3.05) is 32.1 Å². The number of rotatable bonds is 2. The smallest absolute Gasteiger partial charge is 0.130 e. The van der Waals surface area contributed by atoms with Crippen molar-refractivity contribution in [2.45, 2.75) is 31.9 Å². The normalized spacial score (nSPS) is 29.6. The van der Waals surface area contributed by atoms with Crippen LogP contribution in [0.25, 0.3) is 0 Å². The summed E-state index contributed by atoms with van der Waals surface area (Å²) in [5, 5.41) is 10.8. The van der Waals surface area contributed by atoms with Crippen LogP contribution >= 0.6 is 0 Å². The number of nitrogens with zero attached hydrogens (tertiary/aromatic N) is 2. The third-order valence-corrected chi connectivity index (χ3v) is 4.55. The number of hydrogen-bond acceptors (Lipinski definition) is 3. The van der Waals surface area contributed by atoms with Crippen molar-refractivity contribution in [3.63, 3.8) is 0 Å². The summed E-state index contributed by atoms with van der Waals surface area (Å²) < 4.78 is 0. The van der Waals surface area contributed by atoms with Crippen LogP contribution in [0.3, 0.4) is 0 Å². The Morgan fingerprint density at radius 3 is 2.67 bits per heavy atom. The maximum atomic E-state index is 10.8. The van der Waals surface area contributed by atoms with Gasteiger partial charge in [-0.25, -0.2) is 0 Å². The van der Waals surface area contributed by atoms with Crippen LogP contribution in [0.4, 0.5) is 5.69 Å². The van der Waals surface area contributed by atoms with Gasteiger partial charge in [0.1, 0.15) is 5.60 Å². The highest BCUT2D eigenvalue weighted by molar-refractivity contribution is 5.46. The predicted molar refractivity (Wildman–Crippen MR) is 88.3 cm³/mol. The summed E-state index contributed by atoms with van der Waals surface area (Å²) in [5.41, 5.74) is 0.285. The predicted octanol–water partition coefficient (Wildman–Crippen LogP) is 2.22. The van der Waals surface area contributed by atoms with Gasteiger partial charge in [-0.1, -0.05) is 37.0 Å². The first-order valence-corrected chi connectivity index (χ1v) is 7.61. The summed E-state index contributed by atoms with van der Waals surface area (Å²) in [6.45, 7) is 5.75. The minimum absolute atomic E-state index is 0.174. The molecule has 0 aromatic heterocycles. The summed E-state index contributed by atoms with van der Waals surface area (Å²) in [6.07, 6.45) is 0.715. The van der Waals surface area contributed by atoms with Crippen LogP contribution in [0.1, 0.15) is 20.3 Å². The molecule has 1 fully saturated rings. The fraction of sp³-hybridized carbons (Fsp3) is 0.556. The summed E-state index contributed by atoms with van der Waals surface area (Å²) in [7, 11) is 4.13. The van der Waals surface area contributed by atoms with E-state index in [-0.39, 0.29) is 5.92 Å². The van der Waals surface area contributed by atoms with Gasteiger partial charge in [-0.3, -0.25) is 0 Å². The average Bonchev–Trinajstić information content (AvgIpc) is 2.46. The molecule has 0 amide bonds. The lowest BCUT2D eigenvalue weighted by atomic mass is 9.79. The molecule has 0 aliphatic carbocycles. The second-order valence-corrected chi connectivity index (χ2v) is 6.31. The van der Waals surface area contributed by atoms with E-state index in [2.05, 4.69) is 54.7 Å². The lowest BCUT2D eigenvalue weighted by molar-refractivity contribution is -0.0347. The monoisotopic (exact) mass is 286 g/mol. The summed E-state index contributed by atoms with van der Waals surface area (Å²) in [6, 6.07) is 10.6. The van der Waals surface area contributed by atoms with Crippen LogP contribution in [-0.2, 0) is 0 Å². The molecule has 0 bridgehead atoms. The van der Waals surface area contributed by atoms with E-state index in [1.54, 1.807) is 0 Å². The zero-order valence-corrected chi connectivity index (χ0v) is 13.5. The minimum Gasteiger partial charge on any atom is -0.377 e. The Labute approximate surface area is 128 Å². The lowest BCUT2D eigenvalue weighted by Gasteiger charge is -2.42. The topological polar surface area (TPSA) is 26.7 Å². The molecule has 3 heteroatoms. The maximum Gasteiger partial charge on any atom is 0.130 e. The Bertz CT molecular complexity index is 519. The van der Waals surface area contributed by atoms with E-state index in [0.717, 1.165) is 12.2 Å². The van der Waals surface area contributed by atoms with E-state index in [1.165, 1.54) is 0 Å². The first-order valence-electron chi connectivity index (χ1n) is 7.61. The van der Waals surface area contributed by atoms with Crippen LogP contribution in [0, 0.1) is 17.8 Å². The van der Waals surface area contributed by atoms with Crippen molar-refractivity contribution in [3.05, 3.63) is 30.3 Å². The van der Waals surface area contributed by atoms with Gasteiger partial charge in [0.2, 0.25) is 0 Å². The van der Waals surface area contributed by atoms with E-state index < -0.39 is 5.60 Å². The highest BCUT2D eigenvalue weighted by Crippen LogP contribution is 2.30. The number of benzene rings is 1. The van der Waals surface area contributed by atoms with E-state index in [9.17, 15) is 5.11 Å². The number of aliphatic hydroxyl groups is 1. The van der Waals surface area contributed by atoms with Crippen LogP contribution < -0.4 is 4.90 Å². The molecule has 1 aliphatic rings. The molecule has 114 valence electrons. The van der Waals surface area contributed by atoms with Gasteiger partial charge in [-0.2, -0.15) is 0 Å². The molecule has 21 heavy (non-hydrogen) atoms. The molecular formula is C18H26N2O. The van der Waals surface area contributed by atoms with Gasteiger partial charge in [0.15, 0.2) is 0 Å². The SMILES string of the molecule is C[C@@H]1C[C@@](O)(C#CCN(C)c2ccccc2)[C@@H](C)CN1C. The first kappa shape index (κ1) is 15.9. The van der Waals surface area contributed by atoms with Crippen molar-refractivity contribution in [1.29, 1.82) is 0 Å². The molecule has 0 radical (unpaired) electrons. The maximum absolute atomic E-state index is 10.8. The largest absolute Gasteiger partial charge is 0.377 e. The average molecular weight is 286 g/mol. The molecule has 0 unspecified atom stereocenters. The zero-order valence-electron chi connectivity index (χ0n) is 13.5. The molecule has 0 saturated carbocycles. The Morgan fingerprint density at radius 1 is 1.33 bits per heavy atom. The van der Waals surface area contributed by atoms with Gasteiger partial charge >= 0.3 is 0 Å². The molecule has 1 aromatic rings. The number of likely N-dealkylation sites (tertiary alicyclic amines) is 1. The molecule has 3 nitrogen and oxygen atoms in total. The number of piperidine rings is 1. The molecule has 1 heterocycles. The van der Waals surface area contributed by atoms with Crippen molar-refractivity contribution in [2.24, 2.45) is 5.92 Å². The first-order chi connectivity index (χ1) is 9.92. The third-order valence-electron chi connectivity index (χ3n) is 4.55. The van der Waals surface area contributed by atoms with Gasteiger partial charge in [0.25, 0.3) is 0 Å². The van der Waals surface area contributed by atoms with Crippen LogP contribution in [0.2, 0.25) is 0 Å². The molecule has 0 spiro atoms. The number of hydrogen-bond donors (Lipinski definition) is 1. The highest BCUT2D eigenvalue weighted by atomic mass is 16.3. The molecule has 1 aromatic carbocycles. The molecule has 1 N–H and O–H groups in total. The second kappa shape index (κ2) is 6.51. The minimum atomic E-state index is -0.858.